The number of nitrogens with zero attached hydrogens (tertiary/aromatic N) is 4. The summed E-state index contributed by atoms with van der Waals surface area (Å²) in [5, 5.41) is 17.8. The van der Waals surface area contributed by atoms with Crippen LogP contribution in [0.1, 0.15) is 43.1 Å². The number of carbonyl (C=O) groups excluding carboxylic acids is 2. The van der Waals surface area contributed by atoms with Crippen LogP contribution in [0.4, 0.5) is 0 Å². The Morgan fingerprint density at radius 2 is 1.77 bits per heavy atom. The molecule has 0 saturated carbocycles. The van der Waals surface area contributed by atoms with Crippen LogP contribution in [-0.2, 0) is 36.0 Å². The Kier molecular flexibility index (Phi) is 13.4. The lowest BCUT2D eigenvalue weighted by molar-refractivity contribution is -0.142. The van der Waals surface area contributed by atoms with Crippen LogP contribution in [0.15, 0.2) is 72.9 Å². The molecule has 1 aliphatic rings. The van der Waals surface area contributed by atoms with E-state index >= 15 is 0 Å². The molecule has 4 aromatic rings. The van der Waals surface area contributed by atoms with Gasteiger partial charge in [0.25, 0.3) is 0 Å². The van der Waals surface area contributed by atoms with Crippen molar-refractivity contribution in [2.75, 3.05) is 40.8 Å². The molecule has 3 atom stereocenters. The Labute approximate surface area is 317 Å². The topological polar surface area (TPSA) is 112 Å². The fraction of sp³-hybridized carbons (Fsp3) is 0.425. The highest BCUT2D eigenvalue weighted by atomic mass is 35.5. The number of aryl methyl sites for hydroxylation is 1. The number of likely N-dealkylation sites (N-methyl/N-ethyl adjacent to an activating group) is 1. The highest BCUT2D eigenvalue weighted by Crippen LogP contribution is 2.32. The summed E-state index contributed by atoms with van der Waals surface area (Å²) in [4.78, 5) is 35.6. The van der Waals surface area contributed by atoms with Gasteiger partial charge in [-0.1, -0.05) is 48.3 Å². The Morgan fingerprint density at radius 1 is 1.06 bits per heavy atom. The number of rotatable bonds is 15. The van der Waals surface area contributed by atoms with Gasteiger partial charge in [0.15, 0.2) is 0 Å². The number of amides is 2. The second-order valence-corrected chi connectivity index (χ2v) is 15.0. The predicted molar refractivity (Wildman–Crippen MR) is 207 cm³/mol. The molecule has 3 N–H and O–H groups in total. The van der Waals surface area contributed by atoms with E-state index in [1.54, 1.807) is 18.0 Å². The van der Waals surface area contributed by atoms with Crippen LogP contribution in [0.25, 0.3) is 11.3 Å². The maximum atomic E-state index is 13.8. The lowest BCUT2D eigenvalue weighted by atomic mass is 9.82. The van der Waals surface area contributed by atoms with Crippen molar-refractivity contribution in [2.45, 2.75) is 57.2 Å². The molecule has 0 aliphatic carbocycles. The van der Waals surface area contributed by atoms with Gasteiger partial charge in [-0.05, 0) is 112 Å². The van der Waals surface area contributed by atoms with Gasteiger partial charge in [-0.25, -0.2) is 4.98 Å². The normalized spacial score (nSPS) is 17.1. The van der Waals surface area contributed by atoms with Gasteiger partial charge in [0, 0.05) is 42.2 Å². The first-order chi connectivity index (χ1) is 24.9. The molecule has 3 aromatic carbocycles. The van der Waals surface area contributed by atoms with Crippen molar-refractivity contribution < 1.29 is 19.4 Å². The summed E-state index contributed by atoms with van der Waals surface area (Å²) in [5.74, 6) is 1.18. The second-order valence-electron chi connectivity index (χ2n) is 14.1. The Morgan fingerprint density at radius 3 is 2.42 bits per heavy atom. The van der Waals surface area contributed by atoms with Crippen molar-refractivity contribution >= 4 is 35.0 Å². The fourth-order valence-electron chi connectivity index (χ4n) is 6.76. The molecular weight excluding hydrogens is 699 g/mol. The number of aliphatic hydroxyl groups excluding tert-OH is 1. The number of aromatic nitrogens is 2. The van der Waals surface area contributed by atoms with Gasteiger partial charge >= 0.3 is 0 Å². The van der Waals surface area contributed by atoms with Crippen LogP contribution >= 0.6 is 23.2 Å². The van der Waals surface area contributed by atoms with Gasteiger partial charge in [-0.3, -0.25) is 9.59 Å². The van der Waals surface area contributed by atoms with E-state index < -0.39 is 24.1 Å². The van der Waals surface area contributed by atoms with E-state index in [4.69, 9.17) is 27.9 Å². The first-order valence-electron chi connectivity index (χ1n) is 17.7. The number of halogens is 2. The van der Waals surface area contributed by atoms with Gasteiger partial charge in [-0.15, -0.1) is 0 Å². The average Bonchev–Trinajstić information content (AvgIpc) is 3.49. The Hall–Kier alpha value is -3.93. The Balaban J connectivity index is 1.20. The van der Waals surface area contributed by atoms with Gasteiger partial charge < -0.3 is 34.8 Å². The molecule has 0 spiro atoms. The largest absolute Gasteiger partial charge is 0.457 e. The third-order valence-electron chi connectivity index (χ3n) is 9.98. The third-order valence-corrected chi connectivity index (χ3v) is 10.5. The molecule has 2 amide bonds. The Bertz CT molecular complexity index is 1810. The minimum absolute atomic E-state index is 0.301. The van der Waals surface area contributed by atoms with Crippen LogP contribution in [0.5, 0.6) is 11.5 Å². The number of nitrogens with one attached hydrogen (secondary N) is 2. The van der Waals surface area contributed by atoms with Crippen molar-refractivity contribution in [1.82, 2.24) is 30.0 Å². The minimum atomic E-state index is -1.06. The highest BCUT2D eigenvalue weighted by molar-refractivity contribution is 6.31. The highest BCUT2D eigenvalue weighted by Gasteiger charge is 2.41. The molecule has 1 fully saturated rings. The van der Waals surface area contributed by atoms with E-state index in [0.717, 1.165) is 54.1 Å². The van der Waals surface area contributed by atoms with Gasteiger partial charge in [0.05, 0.1) is 30.6 Å². The van der Waals surface area contributed by atoms with E-state index in [-0.39, 0.29) is 11.8 Å². The second kappa shape index (κ2) is 17.7. The minimum Gasteiger partial charge on any atom is -0.457 e. The molecule has 12 heteroatoms. The number of hydrogen-bond acceptors (Lipinski definition) is 7. The molecule has 1 saturated heterocycles. The number of piperidine rings is 1. The van der Waals surface area contributed by atoms with Gasteiger partial charge in [-0.2, -0.15) is 0 Å². The number of ether oxygens (including phenoxy) is 1. The molecule has 2 heterocycles. The zero-order valence-corrected chi connectivity index (χ0v) is 32.2. The third kappa shape index (κ3) is 9.73. The standard InChI is InChI=1S/C40H50Cl2N6O4/c1-27(38(50)45-34(25-49)39(51)48(5)40(19-6-20-43-26-40)22-28-8-14-31(41)15-9-28)7-10-30-11-16-32(42)21-36(30)52-33-17-12-29(13-18-33)35-23-44-37(47(35)4)24-46(2)3/h8-9,11-18,21,23,27,34,43,49H,6-7,10,19-20,22,24-26H2,1-5H3,(H,45,50)/t27-,34+,40-/m1/s1. The van der Waals surface area contributed by atoms with E-state index in [2.05, 4.69) is 25.1 Å². The van der Waals surface area contributed by atoms with Gasteiger partial charge in [0.2, 0.25) is 11.8 Å². The first-order valence-corrected chi connectivity index (χ1v) is 18.5. The molecule has 1 aliphatic heterocycles. The molecule has 278 valence electrons. The molecule has 0 bridgehead atoms. The summed E-state index contributed by atoms with van der Waals surface area (Å²) in [5.41, 5.74) is 3.49. The van der Waals surface area contributed by atoms with E-state index in [0.29, 0.717) is 47.4 Å². The summed E-state index contributed by atoms with van der Waals surface area (Å²) in [7, 11) is 7.82. The predicted octanol–water partition coefficient (Wildman–Crippen LogP) is 6.12. The number of benzene rings is 3. The van der Waals surface area contributed by atoms with E-state index in [1.807, 2.05) is 94.9 Å². The lowest BCUT2D eigenvalue weighted by Crippen LogP contribution is -2.63. The van der Waals surface area contributed by atoms with Crippen molar-refractivity contribution in [1.29, 1.82) is 0 Å². The van der Waals surface area contributed by atoms with Crippen LogP contribution in [0.3, 0.4) is 0 Å². The fourth-order valence-corrected chi connectivity index (χ4v) is 7.04. The van der Waals surface area contributed by atoms with E-state index in [1.165, 1.54) is 0 Å². The zero-order chi connectivity index (χ0) is 37.4. The first kappa shape index (κ1) is 39.3. The number of carbonyl (C=O) groups is 2. The molecule has 1 aromatic heterocycles. The van der Waals surface area contributed by atoms with Crippen LogP contribution in [0.2, 0.25) is 10.0 Å². The summed E-state index contributed by atoms with van der Waals surface area (Å²) in [6.07, 6.45) is 5.24. The van der Waals surface area contributed by atoms with Crippen molar-refractivity contribution in [3.8, 4) is 22.8 Å². The average molecular weight is 750 g/mol. The van der Waals surface area contributed by atoms with Crippen molar-refractivity contribution in [3.05, 3.63) is 99.9 Å². The molecule has 5 rings (SSSR count). The number of hydrogen-bond donors (Lipinski definition) is 3. The smallest absolute Gasteiger partial charge is 0.247 e. The molecule has 10 nitrogen and oxygen atoms in total. The monoisotopic (exact) mass is 748 g/mol. The van der Waals surface area contributed by atoms with Crippen LogP contribution < -0.4 is 15.4 Å². The van der Waals surface area contributed by atoms with E-state index in [9.17, 15) is 14.7 Å². The summed E-state index contributed by atoms with van der Waals surface area (Å²) in [6, 6.07) is 19.9. The number of imidazole rings is 1. The molecule has 0 radical (unpaired) electrons. The molecule has 52 heavy (non-hydrogen) atoms. The molecular formula is C40H50Cl2N6O4. The summed E-state index contributed by atoms with van der Waals surface area (Å²) >= 11 is 12.5. The van der Waals surface area contributed by atoms with Crippen LogP contribution in [-0.4, -0.2) is 88.7 Å². The quantitative estimate of drug-likeness (QED) is 0.134. The van der Waals surface area contributed by atoms with Gasteiger partial charge in [0.1, 0.15) is 23.4 Å². The molecule has 0 unspecified atom stereocenters. The lowest BCUT2D eigenvalue weighted by Gasteiger charge is -2.46. The van der Waals surface area contributed by atoms with Crippen LogP contribution in [0, 0.1) is 5.92 Å². The van der Waals surface area contributed by atoms with Crippen molar-refractivity contribution in [3.63, 3.8) is 0 Å². The SMILES string of the molecule is C[C@H](CCc1ccc(Cl)cc1Oc1ccc(-c2cnc(CN(C)C)n2C)cc1)C(=O)N[C@@H](CO)C(=O)N(C)[C@@]1(Cc2ccc(Cl)cc2)CCCNC1. The maximum Gasteiger partial charge on any atom is 0.247 e. The zero-order valence-electron chi connectivity index (χ0n) is 30.7. The maximum absolute atomic E-state index is 13.8. The summed E-state index contributed by atoms with van der Waals surface area (Å²) in [6.45, 7) is 3.55. The number of aliphatic hydroxyl groups is 1. The van der Waals surface area contributed by atoms with Crippen molar-refractivity contribution in [2.24, 2.45) is 13.0 Å². The summed E-state index contributed by atoms with van der Waals surface area (Å²) < 4.78 is 8.40.